The Morgan fingerprint density at radius 1 is 0.550 bits per heavy atom. The number of hydrogen-bond donors (Lipinski definition) is 0. The van der Waals surface area contributed by atoms with Crippen molar-refractivity contribution in [3.8, 4) is 30.3 Å². The van der Waals surface area contributed by atoms with Crippen molar-refractivity contribution in [3.63, 3.8) is 0 Å². The van der Waals surface area contributed by atoms with E-state index in [1.54, 1.807) is 0 Å². The summed E-state index contributed by atoms with van der Waals surface area (Å²) < 4.78 is 166. The van der Waals surface area contributed by atoms with Crippen LogP contribution in [0.2, 0.25) is 0 Å². The number of hydrogen-bond acceptors (Lipinski definition) is 5. The van der Waals surface area contributed by atoms with Crippen LogP contribution in [0.4, 0.5) is 52.7 Å². The molecule has 40 heavy (non-hydrogen) atoms. The van der Waals surface area contributed by atoms with E-state index in [9.17, 15) is 63.2 Å². The zero-order valence-electron chi connectivity index (χ0n) is 18.5. The SMILES string of the molecule is N#CC(C#N)=c1c(C#N)c/c(=C(/C#N)c2cc(C(F)(F)F)c(C#N)c(C(F)(F)F)c2)c(C(F)(F)F)c1C(F)(F)F. The van der Waals surface area contributed by atoms with Gasteiger partial charge >= 0.3 is 24.7 Å². The van der Waals surface area contributed by atoms with Crippen LogP contribution in [0, 0.1) is 56.7 Å². The lowest BCUT2D eigenvalue weighted by molar-refractivity contribution is -0.163. The fraction of sp³-hybridized carbons (Fsp3) is 0.174. The van der Waals surface area contributed by atoms with E-state index < -0.39 is 85.2 Å². The third kappa shape index (κ3) is 5.62. The van der Waals surface area contributed by atoms with Gasteiger partial charge in [0.05, 0.1) is 45.0 Å². The largest absolute Gasteiger partial charge is 0.417 e. The van der Waals surface area contributed by atoms with Gasteiger partial charge in [-0.2, -0.15) is 79.0 Å². The number of benzene rings is 2. The predicted molar refractivity (Wildman–Crippen MR) is 104 cm³/mol. The first-order valence-electron chi connectivity index (χ1n) is 9.62. The number of halogens is 12. The molecule has 5 nitrogen and oxygen atoms in total. The van der Waals surface area contributed by atoms with Crippen molar-refractivity contribution in [2.45, 2.75) is 24.7 Å². The number of nitriles is 5. The van der Waals surface area contributed by atoms with E-state index in [0.717, 1.165) is 24.3 Å². The molecule has 2 aromatic rings. The van der Waals surface area contributed by atoms with Gasteiger partial charge in [-0.15, -0.1) is 0 Å². The van der Waals surface area contributed by atoms with Crippen molar-refractivity contribution in [1.82, 2.24) is 0 Å². The molecule has 2 aromatic carbocycles. The quantitative estimate of drug-likeness (QED) is 0.419. The summed E-state index contributed by atoms with van der Waals surface area (Å²) in [6.07, 6.45) is -23.8. The van der Waals surface area contributed by atoms with E-state index in [1.165, 1.54) is 0 Å². The Labute approximate surface area is 213 Å². The van der Waals surface area contributed by atoms with Gasteiger partial charge in [0.25, 0.3) is 0 Å². The Bertz CT molecular complexity index is 1690. The standard InChI is InChI=1S/C23H3F12N5/c24-20(25,26)15-2-9(3-16(14(15)8-40)21(27,28)29)13(7-39)12-1-10(4-36)17(11(5-37)6-38)19(23(33,34)35)18(12)22(30,31)32/h1-3H/b13-12+. The molecule has 0 fully saturated rings. The maximum absolute atomic E-state index is 14.1. The maximum Gasteiger partial charge on any atom is 0.417 e. The van der Waals surface area contributed by atoms with Crippen molar-refractivity contribution in [2.75, 3.05) is 0 Å². The monoisotopic (exact) mass is 577 g/mol. The third-order valence-electron chi connectivity index (χ3n) is 5.02. The fourth-order valence-electron chi connectivity index (χ4n) is 3.58. The first kappa shape index (κ1) is 31.0. The summed E-state index contributed by atoms with van der Waals surface area (Å²) in [6.45, 7) is 0. The number of rotatable bonds is 1. The summed E-state index contributed by atoms with van der Waals surface area (Å²) in [5.74, 6) is 0. The molecule has 0 saturated heterocycles. The lowest BCUT2D eigenvalue weighted by atomic mass is 9.89. The van der Waals surface area contributed by atoms with Crippen LogP contribution < -0.4 is 10.4 Å². The zero-order valence-corrected chi connectivity index (χ0v) is 18.5. The molecule has 0 atom stereocenters. The molecule has 17 heteroatoms. The first-order valence-corrected chi connectivity index (χ1v) is 9.62. The van der Waals surface area contributed by atoms with Crippen LogP contribution in [-0.2, 0) is 24.7 Å². The normalized spacial score (nSPS) is 12.8. The van der Waals surface area contributed by atoms with Crippen molar-refractivity contribution in [3.05, 3.63) is 67.6 Å². The van der Waals surface area contributed by atoms with Crippen LogP contribution in [-0.4, -0.2) is 0 Å². The van der Waals surface area contributed by atoms with Gasteiger partial charge in [-0.25, -0.2) is 0 Å². The van der Waals surface area contributed by atoms with Gasteiger partial charge in [0.1, 0.15) is 29.8 Å². The molecule has 0 bridgehead atoms. The molecular weight excluding hydrogens is 574 g/mol. The summed E-state index contributed by atoms with van der Waals surface area (Å²) in [4.78, 5) is 0. The molecule has 0 heterocycles. The Balaban J connectivity index is 3.58. The second-order valence-electron chi connectivity index (χ2n) is 7.34. The maximum atomic E-state index is 14.1. The minimum atomic E-state index is -6.17. The molecule has 204 valence electrons. The van der Waals surface area contributed by atoms with Gasteiger partial charge in [-0.05, 0) is 23.8 Å². The van der Waals surface area contributed by atoms with Gasteiger partial charge in [0.15, 0.2) is 0 Å². The second kappa shape index (κ2) is 10.2. The van der Waals surface area contributed by atoms with Crippen molar-refractivity contribution in [2.24, 2.45) is 0 Å². The molecule has 0 aliphatic carbocycles. The molecule has 0 radical (unpaired) electrons. The predicted octanol–water partition coefficient (Wildman–Crippen LogP) is 5.43. The van der Waals surface area contributed by atoms with Crippen LogP contribution >= 0.6 is 0 Å². The van der Waals surface area contributed by atoms with E-state index in [-0.39, 0.29) is 18.2 Å². The minimum absolute atomic E-state index is 0.126. The van der Waals surface area contributed by atoms with Crippen LogP contribution in [0.3, 0.4) is 0 Å². The lowest BCUT2D eigenvalue weighted by Gasteiger charge is -2.20. The first-order chi connectivity index (χ1) is 18.2. The van der Waals surface area contributed by atoms with Gasteiger partial charge in [0.2, 0.25) is 0 Å². The topological polar surface area (TPSA) is 119 Å². The van der Waals surface area contributed by atoms with Gasteiger partial charge < -0.3 is 0 Å². The fourth-order valence-corrected chi connectivity index (χ4v) is 3.58. The highest BCUT2D eigenvalue weighted by Gasteiger charge is 2.47. The molecule has 0 aliphatic heterocycles. The average Bonchev–Trinajstić information content (AvgIpc) is 2.82. The Morgan fingerprint density at radius 2 is 1.00 bits per heavy atom. The minimum Gasteiger partial charge on any atom is -0.192 e. The van der Waals surface area contributed by atoms with Crippen LogP contribution in [0.25, 0.3) is 11.1 Å². The van der Waals surface area contributed by atoms with E-state index in [4.69, 9.17) is 15.8 Å². The summed E-state index contributed by atoms with van der Waals surface area (Å²) >= 11 is 0. The molecule has 0 N–H and O–H groups in total. The summed E-state index contributed by atoms with van der Waals surface area (Å²) in [5, 5.41) is 41.8. The summed E-state index contributed by atoms with van der Waals surface area (Å²) in [6, 6.07) is 3.39. The third-order valence-corrected chi connectivity index (χ3v) is 5.02. The molecule has 0 aliphatic rings. The van der Waals surface area contributed by atoms with Crippen LogP contribution in [0.15, 0.2) is 18.2 Å². The molecule has 2 rings (SSSR count). The Hall–Kier alpha value is -5.21. The van der Waals surface area contributed by atoms with Crippen LogP contribution in [0.5, 0.6) is 0 Å². The lowest BCUT2D eigenvalue weighted by Crippen LogP contribution is -2.36. The molecule has 0 aromatic heterocycles. The average molecular weight is 577 g/mol. The highest BCUT2D eigenvalue weighted by Crippen LogP contribution is 2.42. The van der Waals surface area contributed by atoms with E-state index >= 15 is 0 Å². The smallest absolute Gasteiger partial charge is 0.192 e. The highest BCUT2D eigenvalue weighted by atomic mass is 19.4. The molecule has 0 spiro atoms. The Kier molecular flexibility index (Phi) is 7.88. The Morgan fingerprint density at radius 3 is 1.30 bits per heavy atom. The van der Waals surface area contributed by atoms with E-state index in [1.807, 2.05) is 0 Å². The van der Waals surface area contributed by atoms with Crippen molar-refractivity contribution in [1.29, 1.82) is 26.3 Å². The van der Waals surface area contributed by atoms with Crippen molar-refractivity contribution >= 4 is 11.1 Å². The van der Waals surface area contributed by atoms with Crippen LogP contribution in [0.1, 0.15) is 38.9 Å². The second-order valence-corrected chi connectivity index (χ2v) is 7.34. The molecule has 0 unspecified atom stereocenters. The molecular formula is C23H3F12N5. The van der Waals surface area contributed by atoms with Gasteiger partial charge in [0, 0.05) is 10.4 Å². The highest BCUT2D eigenvalue weighted by molar-refractivity contribution is 5.81. The summed E-state index contributed by atoms with van der Waals surface area (Å²) in [5.41, 5.74) is -19.1. The van der Waals surface area contributed by atoms with Crippen molar-refractivity contribution < 1.29 is 52.7 Å². The van der Waals surface area contributed by atoms with E-state index in [0.29, 0.717) is 6.07 Å². The summed E-state index contributed by atoms with van der Waals surface area (Å²) in [7, 11) is 0. The van der Waals surface area contributed by atoms with Gasteiger partial charge in [-0.1, -0.05) is 0 Å². The molecule has 0 saturated carbocycles. The van der Waals surface area contributed by atoms with Gasteiger partial charge in [-0.3, -0.25) is 0 Å². The number of alkyl halides is 12. The molecule has 0 amide bonds. The number of nitrogens with zero attached hydrogens (tertiary/aromatic N) is 5. The zero-order chi connectivity index (χ0) is 31.0. The van der Waals surface area contributed by atoms with E-state index in [2.05, 4.69) is 0 Å².